The summed E-state index contributed by atoms with van der Waals surface area (Å²) >= 11 is 7.40. The molecule has 0 radical (unpaired) electrons. The number of nitrogens with zero attached hydrogens (tertiary/aromatic N) is 1. The van der Waals surface area contributed by atoms with Crippen LogP contribution in [0.4, 0.5) is 17.1 Å². The number of nitro groups is 1. The number of thiophene rings is 1. The number of nitro benzene ring substituents is 1. The Morgan fingerprint density at radius 2 is 1.74 bits per heavy atom. The number of anilines is 2. The van der Waals surface area contributed by atoms with Gasteiger partial charge in [-0.1, -0.05) is 17.7 Å². The van der Waals surface area contributed by atoms with Gasteiger partial charge in [0, 0.05) is 33.4 Å². The Kier molecular flexibility index (Phi) is 6.05. The lowest BCUT2D eigenvalue weighted by molar-refractivity contribution is -0.384. The molecule has 1 heterocycles. The topological polar surface area (TPSA) is 84.3 Å². The highest BCUT2D eigenvalue weighted by Gasteiger charge is 2.18. The van der Waals surface area contributed by atoms with E-state index in [4.69, 9.17) is 11.6 Å². The molecule has 1 unspecified atom stereocenters. The van der Waals surface area contributed by atoms with E-state index in [1.54, 1.807) is 47.7 Å². The zero-order valence-corrected chi connectivity index (χ0v) is 15.7. The fourth-order valence-electron chi connectivity index (χ4n) is 2.52. The van der Waals surface area contributed by atoms with Gasteiger partial charge in [0.25, 0.3) is 5.69 Å². The maximum atomic E-state index is 12.5. The van der Waals surface area contributed by atoms with Crippen molar-refractivity contribution < 1.29 is 9.72 Å². The van der Waals surface area contributed by atoms with Crippen molar-refractivity contribution in [3.05, 3.63) is 86.1 Å². The molecule has 6 nitrogen and oxygen atoms in total. The minimum absolute atomic E-state index is 0.0219. The summed E-state index contributed by atoms with van der Waals surface area (Å²) in [7, 11) is 0. The highest BCUT2D eigenvalue weighted by atomic mass is 35.5. The van der Waals surface area contributed by atoms with Crippen LogP contribution in [0, 0.1) is 10.1 Å². The van der Waals surface area contributed by atoms with E-state index in [2.05, 4.69) is 10.6 Å². The van der Waals surface area contributed by atoms with E-state index in [1.165, 1.54) is 12.1 Å². The van der Waals surface area contributed by atoms with E-state index in [9.17, 15) is 14.9 Å². The van der Waals surface area contributed by atoms with Crippen LogP contribution in [-0.4, -0.2) is 10.8 Å². The summed E-state index contributed by atoms with van der Waals surface area (Å²) in [5.41, 5.74) is 1.40. The first-order chi connectivity index (χ1) is 13.0. The van der Waals surface area contributed by atoms with Crippen LogP contribution in [-0.2, 0) is 4.79 Å². The monoisotopic (exact) mass is 401 g/mol. The zero-order chi connectivity index (χ0) is 19.2. The fraction of sp³-hybridized carbons (Fsp3) is 0.105. The van der Waals surface area contributed by atoms with E-state index < -0.39 is 4.92 Å². The van der Waals surface area contributed by atoms with Crippen molar-refractivity contribution in [2.75, 3.05) is 10.6 Å². The Hall–Kier alpha value is -2.90. The lowest BCUT2D eigenvalue weighted by Crippen LogP contribution is -2.19. The molecule has 1 amide bonds. The summed E-state index contributed by atoms with van der Waals surface area (Å²) in [6, 6.07) is 16.7. The molecule has 0 saturated carbocycles. The van der Waals surface area contributed by atoms with Gasteiger partial charge < -0.3 is 10.6 Å². The lowest BCUT2D eigenvalue weighted by atomic mass is 10.1. The summed E-state index contributed by atoms with van der Waals surface area (Å²) in [4.78, 5) is 23.8. The van der Waals surface area contributed by atoms with Gasteiger partial charge in [0.15, 0.2) is 0 Å². The number of hydrogen-bond acceptors (Lipinski definition) is 5. The molecule has 8 heteroatoms. The van der Waals surface area contributed by atoms with Crippen LogP contribution in [0.5, 0.6) is 0 Å². The first kappa shape index (κ1) is 18.9. The lowest BCUT2D eigenvalue weighted by Gasteiger charge is -2.18. The van der Waals surface area contributed by atoms with Gasteiger partial charge in [-0.15, -0.1) is 11.3 Å². The second-order valence-electron chi connectivity index (χ2n) is 5.78. The largest absolute Gasteiger partial charge is 0.377 e. The van der Waals surface area contributed by atoms with Crippen LogP contribution in [0.2, 0.25) is 5.02 Å². The van der Waals surface area contributed by atoms with Crippen LogP contribution in [0.3, 0.4) is 0 Å². The van der Waals surface area contributed by atoms with Crippen molar-refractivity contribution in [1.82, 2.24) is 0 Å². The first-order valence-corrected chi connectivity index (χ1v) is 9.37. The predicted octanol–water partition coefficient (Wildman–Crippen LogP) is 5.49. The van der Waals surface area contributed by atoms with Crippen molar-refractivity contribution in [2.45, 2.75) is 12.5 Å². The van der Waals surface area contributed by atoms with Crippen LogP contribution in [0.15, 0.2) is 66.0 Å². The quantitative estimate of drug-likeness (QED) is 0.405. The molecular formula is C19H16ClN3O3S. The molecular weight excluding hydrogens is 386 g/mol. The van der Waals surface area contributed by atoms with Gasteiger partial charge in [-0.2, -0.15) is 0 Å². The van der Waals surface area contributed by atoms with Gasteiger partial charge in [-0.25, -0.2) is 0 Å². The Labute approximate surface area is 164 Å². The molecule has 2 N–H and O–H groups in total. The first-order valence-electron chi connectivity index (χ1n) is 8.11. The van der Waals surface area contributed by atoms with E-state index in [-0.39, 0.29) is 24.1 Å². The van der Waals surface area contributed by atoms with Crippen molar-refractivity contribution in [2.24, 2.45) is 0 Å². The average Bonchev–Trinajstić information content (AvgIpc) is 3.18. The molecule has 0 spiro atoms. The molecule has 1 atom stereocenters. The Morgan fingerprint density at radius 3 is 2.33 bits per heavy atom. The molecule has 3 aromatic rings. The van der Waals surface area contributed by atoms with Crippen molar-refractivity contribution in [1.29, 1.82) is 0 Å². The number of rotatable bonds is 7. The Bertz CT molecular complexity index is 912. The maximum Gasteiger partial charge on any atom is 0.269 e. The predicted molar refractivity (Wildman–Crippen MR) is 108 cm³/mol. The number of benzene rings is 2. The molecule has 2 aromatic carbocycles. The normalized spacial score (nSPS) is 11.6. The van der Waals surface area contributed by atoms with Gasteiger partial charge in [-0.05, 0) is 47.8 Å². The molecule has 1 aromatic heterocycles. The van der Waals surface area contributed by atoms with Crippen LogP contribution in [0.1, 0.15) is 17.3 Å². The standard InChI is InChI=1S/C19H16ClN3O3S/c20-13-3-5-15(6-4-13)22-19(24)12-17(18-2-1-11-27-18)21-14-7-9-16(10-8-14)23(25)26/h1-11,17,21H,12H2,(H,22,24). The number of hydrogen-bond donors (Lipinski definition) is 2. The fourth-order valence-corrected chi connectivity index (χ4v) is 3.43. The zero-order valence-electron chi connectivity index (χ0n) is 14.1. The molecule has 138 valence electrons. The number of nitrogens with one attached hydrogen (secondary N) is 2. The molecule has 0 saturated heterocycles. The SMILES string of the molecule is O=C(CC(Nc1ccc([N+](=O)[O-])cc1)c1cccs1)Nc1ccc(Cl)cc1. The van der Waals surface area contributed by atoms with Gasteiger partial charge in [0.2, 0.25) is 5.91 Å². The average molecular weight is 402 g/mol. The minimum atomic E-state index is -0.444. The summed E-state index contributed by atoms with van der Waals surface area (Å²) in [6.07, 6.45) is 0.208. The van der Waals surface area contributed by atoms with Crippen molar-refractivity contribution >= 4 is 45.9 Å². The second-order valence-corrected chi connectivity index (χ2v) is 7.19. The number of halogens is 1. The molecule has 3 rings (SSSR count). The molecule has 0 aliphatic carbocycles. The Balaban J connectivity index is 1.70. The summed E-state index contributed by atoms with van der Waals surface area (Å²) in [6.45, 7) is 0. The molecule has 0 aliphatic rings. The molecule has 27 heavy (non-hydrogen) atoms. The van der Waals surface area contributed by atoms with Gasteiger partial charge in [-0.3, -0.25) is 14.9 Å². The molecule has 0 aliphatic heterocycles. The second kappa shape index (κ2) is 8.66. The van der Waals surface area contributed by atoms with Gasteiger partial charge in [0.05, 0.1) is 17.4 Å². The highest BCUT2D eigenvalue weighted by molar-refractivity contribution is 7.10. The van der Waals surface area contributed by atoms with Crippen LogP contribution < -0.4 is 10.6 Å². The van der Waals surface area contributed by atoms with Gasteiger partial charge >= 0.3 is 0 Å². The smallest absolute Gasteiger partial charge is 0.269 e. The third-order valence-electron chi connectivity index (χ3n) is 3.82. The number of carbonyl (C=O) groups excluding carboxylic acids is 1. The number of non-ortho nitro benzene ring substituents is 1. The van der Waals surface area contributed by atoms with E-state index in [0.29, 0.717) is 16.4 Å². The Morgan fingerprint density at radius 1 is 1.07 bits per heavy atom. The van der Waals surface area contributed by atoms with Crippen molar-refractivity contribution in [3.8, 4) is 0 Å². The third-order valence-corrected chi connectivity index (χ3v) is 5.06. The van der Waals surface area contributed by atoms with Gasteiger partial charge in [0.1, 0.15) is 0 Å². The van der Waals surface area contributed by atoms with E-state index in [0.717, 1.165) is 4.88 Å². The number of amides is 1. The molecule has 0 bridgehead atoms. The minimum Gasteiger partial charge on any atom is -0.377 e. The van der Waals surface area contributed by atoms with Crippen LogP contribution >= 0.6 is 22.9 Å². The van der Waals surface area contributed by atoms with E-state index in [1.807, 2.05) is 17.5 Å². The summed E-state index contributed by atoms with van der Waals surface area (Å²) < 4.78 is 0. The summed E-state index contributed by atoms with van der Waals surface area (Å²) in [5.74, 6) is -0.148. The molecule has 0 fully saturated rings. The van der Waals surface area contributed by atoms with E-state index >= 15 is 0 Å². The highest BCUT2D eigenvalue weighted by Crippen LogP contribution is 2.28. The maximum absolute atomic E-state index is 12.5. The third kappa shape index (κ3) is 5.29. The van der Waals surface area contributed by atoms with Crippen molar-refractivity contribution in [3.63, 3.8) is 0 Å². The van der Waals surface area contributed by atoms with Crippen LogP contribution in [0.25, 0.3) is 0 Å². The number of carbonyl (C=O) groups is 1. The summed E-state index contributed by atoms with van der Waals surface area (Å²) in [5, 5.41) is 19.5.